The third kappa shape index (κ3) is 2.74. The van der Waals surface area contributed by atoms with Crippen LogP contribution < -0.4 is 5.73 Å². The number of fused-ring (bicyclic) bond motifs is 1. The molecule has 3 heterocycles. The lowest BCUT2D eigenvalue weighted by Gasteiger charge is -2.36. The lowest BCUT2D eigenvalue weighted by Crippen LogP contribution is -2.51. The Balaban J connectivity index is 1.66. The molecule has 0 saturated carbocycles. The minimum atomic E-state index is 0.158. The number of aromatic amines is 1. The fourth-order valence-electron chi connectivity index (χ4n) is 3.19. The Kier molecular flexibility index (Phi) is 3.91. The van der Waals surface area contributed by atoms with Crippen LogP contribution in [0.3, 0.4) is 0 Å². The number of hydrogen-bond acceptors (Lipinski definition) is 4. The quantitative estimate of drug-likeness (QED) is 0.697. The van der Waals surface area contributed by atoms with Crippen LogP contribution >= 0.6 is 12.2 Å². The van der Waals surface area contributed by atoms with Crippen molar-refractivity contribution in [2.45, 2.75) is 12.5 Å². The Bertz CT molecular complexity index is 859. The van der Waals surface area contributed by atoms with Crippen LogP contribution in [0.4, 0.5) is 0 Å². The molecule has 0 unspecified atom stereocenters. The molecule has 124 valence electrons. The first-order valence-electron chi connectivity index (χ1n) is 7.81. The smallest absolute Gasteiger partial charge is 0.166 e. The summed E-state index contributed by atoms with van der Waals surface area (Å²) in [7, 11) is 0. The number of H-pyrrole nitrogens is 1. The Morgan fingerprint density at radius 3 is 3.17 bits per heavy atom. The van der Waals surface area contributed by atoms with Crippen molar-refractivity contribution in [2.24, 2.45) is 5.73 Å². The minimum absolute atomic E-state index is 0.158. The monoisotopic (exact) mass is 342 g/mol. The Hall–Kier alpha value is -2.45. The molecule has 3 N–H and O–H groups in total. The molecule has 1 saturated heterocycles. The first-order chi connectivity index (χ1) is 11.7. The van der Waals surface area contributed by atoms with Gasteiger partial charge in [-0.1, -0.05) is 0 Å². The van der Waals surface area contributed by atoms with Gasteiger partial charge in [0, 0.05) is 23.6 Å². The maximum Gasteiger partial charge on any atom is 0.166 e. The van der Waals surface area contributed by atoms with Crippen molar-refractivity contribution in [3.63, 3.8) is 0 Å². The van der Waals surface area contributed by atoms with Gasteiger partial charge in [-0.2, -0.15) is 5.10 Å². The predicted octanol–water partition coefficient (Wildman–Crippen LogP) is 1.24. The van der Waals surface area contributed by atoms with Gasteiger partial charge in [-0.05, 0) is 42.4 Å². The van der Waals surface area contributed by atoms with E-state index in [1.165, 1.54) is 11.9 Å². The molecular formula is C16H18N6OS. The lowest BCUT2D eigenvalue weighted by atomic mass is 10.0. The van der Waals surface area contributed by atoms with Crippen molar-refractivity contribution in [2.75, 3.05) is 19.8 Å². The number of morpholine rings is 1. The highest BCUT2D eigenvalue weighted by Gasteiger charge is 2.25. The number of nitrogens with zero attached hydrogens (tertiary/aromatic N) is 4. The standard InChI is InChI=1S/C16H18N6OS/c17-16(24)21-3-4-23-8-13(21)5-11-7-19-15-2-1-12(6-14(11)15)22-10-18-9-20-22/h1-2,6-7,9-10,13,19H,3-5,8H2,(H2,17,24)/t13-/m0/s1. The molecule has 1 atom stereocenters. The van der Waals surface area contributed by atoms with E-state index < -0.39 is 0 Å². The molecule has 1 fully saturated rings. The maximum atomic E-state index is 5.86. The van der Waals surface area contributed by atoms with Gasteiger partial charge in [0.2, 0.25) is 0 Å². The van der Waals surface area contributed by atoms with Gasteiger partial charge < -0.3 is 20.4 Å². The Labute approximate surface area is 144 Å². The number of thiocarbonyl (C=S) groups is 1. The van der Waals surface area contributed by atoms with Crippen LogP contribution in [0.1, 0.15) is 5.56 Å². The highest BCUT2D eigenvalue weighted by Crippen LogP contribution is 2.24. The zero-order valence-electron chi connectivity index (χ0n) is 13.1. The second kappa shape index (κ2) is 6.21. The van der Waals surface area contributed by atoms with Crippen molar-refractivity contribution in [1.82, 2.24) is 24.6 Å². The van der Waals surface area contributed by atoms with Gasteiger partial charge in [0.15, 0.2) is 5.11 Å². The first kappa shape index (κ1) is 15.1. The molecule has 0 spiro atoms. The van der Waals surface area contributed by atoms with Gasteiger partial charge >= 0.3 is 0 Å². The van der Waals surface area contributed by atoms with Crippen molar-refractivity contribution >= 4 is 28.2 Å². The fourth-order valence-corrected chi connectivity index (χ4v) is 3.43. The summed E-state index contributed by atoms with van der Waals surface area (Å²) >= 11 is 5.18. The summed E-state index contributed by atoms with van der Waals surface area (Å²) < 4.78 is 7.37. The van der Waals surface area contributed by atoms with Gasteiger partial charge in [-0.3, -0.25) is 0 Å². The third-order valence-electron chi connectivity index (χ3n) is 4.40. The second-order valence-corrected chi connectivity index (χ2v) is 6.27. The van der Waals surface area contributed by atoms with E-state index in [0.717, 1.165) is 29.6 Å². The van der Waals surface area contributed by atoms with E-state index in [-0.39, 0.29) is 6.04 Å². The highest BCUT2D eigenvalue weighted by atomic mass is 32.1. The van der Waals surface area contributed by atoms with E-state index in [1.807, 2.05) is 12.3 Å². The average molecular weight is 342 g/mol. The molecule has 1 aliphatic rings. The number of ether oxygens (including phenoxy) is 1. The fraction of sp³-hybridized carbons (Fsp3) is 0.312. The molecule has 0 bridgehead atoms. The zero-order chi connectivity index (χ0) is 16.5. The van der Waals surface area contributed by atoms with Crippen LogP contribution in [0.25, 0.3) is 16.6 Å². The minimum Gasteiger partial charge on any atom is -0.377 e. The zero-order valence-corrected chi connectivity index (χ0v) is 13.9. The highest BCUT2D eigenvalue weighted by molar-refractivity contribution is 7.80. The Morgan fingerprint density at radius 2 is 2.38 bits per heavy atom. The largest absolute Gasteiger partial charge is 0.377 e. The number of benzene rings is 1. The molecule has 1 aliphatic heterocycles. The molecule has 2 aromatic heterocycles. The number of hydrogen-bond donors (Lipinski definition) is 2. The topological polar surface area (TPSA) is 85.0 Å². The normalized spacial score (nSPS) is 18.2. The lowest BCUT2D eigenvalue weighted by molar-refractivity contribution is 0.0274. The van der Waals surface area contributed by atoms with Crippen LogP contribution in [-0.4, -0.2) is 55.6 Å². The summed E-state index contributed by atoms with van der Waals surface area (Å²) in [6.07, 6.45) is 6.08. The van der Waals surface area contributed by atoms with Crippen LogP contribution in [0.5, 0.6) is 0 Å². The SMILES string of the molecule is NC(=S)N1CCOC[C@@H]1Cc1c[nH]c2ccc(-n3cncn3)cc12. The average Bonchev–Trinajstić information content (AvgIpc) is 3.25. The van der Waals surface area contributed by atoms with Crippen molar-refractivity contribution in [1.29, 1.82) is 0 Å². The van der Waals surface area contributed by atoms with Crippen LogP contribution in [0.2, 0.25) is 0 Å². The van der Waals surface area contributed by atoms with Gasteiger partial charge in [0.05, 0.1) is 24.9 Å². The van der Waals surface area contributed by atoms with Crippen LogP contribution in [-0.2, 0) is 11.2 Å². The van der Waals surface area contributed by atoms with Crippen molar-refractivity contribution in [3.8, 4) is 5.69 Å². The van der Waals surface area contributed by atoms with Crippen molar-refractivity contribution in [3.05, 3.63) is 42.6 Å². The molecular weight excluding hydrogens is 324 g/mol. The van der Waals surface area contributed by atoms with Crippen LogP contribution in [0, 0.1) is 0 Å². The van der Waals surface area contributed by atoms with Crippen LogP contribution in [0.15, 0.2) is 37.1 Å². The maximum absolute atomic E-state index is 5.86. The molecule has 8 heteroatoms. The van der Waals surface area contributed by atoms with E-state index in [2.05, 4.69) is 32.1 Å². The van der Waals surface area contributed by atoms with Gasteiger partial charge in [0.25, 0.3) is 0 Å². The summed E-state index contributed by atoms with van der Waals surface area (Å²) in [6, 6.07) is 6.34. The van der Waals surface area contributed by atoms with Gasteiger partial charge in [0.1, 0.15) is 12.7 Å². The Morgan fingerprint density at radius 1 is 1.46 bits per heavy atom. The van der Waals surface area contributed by atoms with Gasteiger partial charge in [-0.15, -0.1) is 0 Å². The van der Waals surface area contributed by atoms with Gasteiger partial charge in [-0.25, -0.2) is 9.67 Å². The molecule has 3 aromatic rings. The summed E-state index contributed by atoms with van der Waals surface area (Å²) in [5.41, 5.74) is 9.14. The van der Waals surface area contributed by atoms with E-state index in [4.69, 9.17) is 22.7 Å². The van der Waals surface area contributed by atoms with E-state index in [9.17, 15) is 0 Å². The number of aromatic nitrogens is 4. The summed E-state index contributed by atoms with van der Waals surface area (Å²) in [5.74, 6) is 0. The molecule has 24 heavy (non-hydrogen) atoms. The van der Waals surface area contributed by atoms with E-state index >= 15 is 0 Å². The first-order valence-corrected chi connectivity index (χ1v) is 8.22. The van der Waals surface area contributed by atoms with E-state index in [1.54, 1.807) is 11.0 Å². The second-order valence-electron chi connectivity index (χ2n) is 5.85. The van der Waals surface area contributed by atoms with E-state index in [0.29, 0.717) is 18.3 Å². The molecule has 0 aliphatic carbocycles. The third-order valence-corrected chi connectivity index (χ3v) is 4.63. The molecule has 0 amide bonds. The van der Waals surface area contributed by atoms with Crippen molar-refractivity contribution < 1.29 is 4.74 Å². The predicted molar refractivity (Wildman–Crippen MR) is 95.0 cm³/mol. The summed E-state index contributed by atoms with van der Waals surface area (Å²) in [6.45, 7) is 2.04. The number of nitrogens with one attached hydrogen (secondary N) is 1. The summed E-state index contributed by atoms with van der Waals surface area (Å²) in [4.78, 5) is 9.38. The molecule has 7 nitrogen and oxygen atoms in total. The molecule has 4 rings (SSSR count). The number of rotatable bonds is 3. The molecule has 0 radical (unpaired) electrons. The molecule has 1 aromatic carbocycles. The number of nitrogens with two attached hydrogens (primary N) is 1. The summed E-state index contributed by atoms with van der Waals surface area (Å²) in [5, 5.41) is 5.79.